The van der Waals surface area contributed by atoms with E-state index in [1.807, 2.05) is 6.07 Å². The van der Waals surface area contributed by atoms with E-state index < -0.39 is 23.3 Å². The minimum atomic E-state index is -1.32. The van der Waals surface area contributed by atoms with Gasteiger partial charge in [0.25, 0.3) is 5.91 Å². The third-order valence-electron chi connectivity index (χ3n) is 4.02. The number of furan rings is 1. The Hall–Kier alpha value is -3.14. The predicted molar refractivity (Wildman–Crippen MR) is 81.0 cm³/mol. The molecule has 0 saturated carbocycles. The van der Waals surface area contributed by atoms with Gasteiger partial charge in [-0.3, -0.25) is 9.69 Å². The van der Waals surface area contributed by atoms with Crippen LogP contribution in [-0.2, 0) is 16.9 Å². The number of nitriles is 1. The highest BCUT2D eigenvalue weighted by molar-refractivity contribution is 6.06. The number of imide groups is 1. The zero-order valence-electron chi connectivity index (χ0n) is 13.1. The second kappa shape index (κ2) is 5.49. The van der Waals surface area contributed by atoms with Crippen LogP contribution in [-0.4, -0.2) is 16.8 Å². The summed E-state index contributed by atoms with van der Waals surface area (Å²) in [7, 11) is 0. The predicted octanol–water partition coefficient (Wildman–Crippen LogP) is 2.57. The molecule has 3 amide bonds. The summed E-state index contributed by atoms with van der Waals surface area (Å²) in [6.45, 7) is 3.05. The summed E-state index contributed by atoms with van der Waals surface area (Å²) in [5.74, 6) is -0.228. The van der Waals surface area contributed by atoms with E-state index in [1.54, 1.807) is 26.0 Å². The van der Waals surface area contributed by atoms with E-state index in [2.05, 4.69) is 5.32 Å². The van der Waals surface area contributed by atoms with E-state index in [1.165, 1.54) is 12.1 Å². The van der Waals surface area contributed by atoms with Gasteiger partial charge in [0.15, 0.2) is 5.54 Å². The lowest BCUT2D eigenvalue weighted by Gasteiger charge is -2.19. The first-order chi connectivity index (χ1) is 11.3. The third-order valence-corrected chi connectivity index (χ3v) is 4.02. The average molecular weight is 327 g/mol. The van der Waals surface area contributed by atoms with Crippen LogP contribution in [0.3, 0.4) is 0 Å². The number of benzene rings is 1. The van der Waals surface area contributed by atoms with Crippen LogP contribution >= 0.6 is 0 Å². The summed E-state index contributed by atoms with van der Waals surface area (Å²) in [5, 5.41) is 11.4. The molecule has 0 bridgehead atoms. The number of hydrogen-bond acceptors (Lipinski definition) is 4. The molecule has 0 spiro atoms. The number of urea groups is 1. The monoisotopic (exact) mass is 327 g/mol. The van der Waals surface area contributed by atoms with Crippen molar-refractivity contribution in [3.63, 3.8) is 0 Å². The van der Waals surface area contributed by atoms with Gasteiger partial charge in [0.05, 0.1) is 18.2 Å². The van der Waals surface area contributed by atoms with Crippen LogP contribution in [0.2, 0.25) is 0 Å². The number of amides is 3. The molecule has 0 aliphatic carbocycles. The number of carbonyl (C=O) groups excluding carboxylic acids is 2. The molecule has 0 radical (unpaired) electrons. The number of nitrogens with zero attached hydrogens (tertiary/aromatic N) is 2. The molecule has 1 aromatic heterocycles. The molecule has 1 aliphatic rings. The van der Waals surface area contributed by atoms with E-state index in [-0.39, 0.29) is 17.7 Å². The lowest BCUT2D eigenvalue weighted by Crippen LogP contribution is -2.40. The zero-order chi connectivity index (χ0) is 17.5. The molecule has 6 nitrogen and oxygen atoms in total. The summed E-state index contributed by atoms with van der Waals surface area (Å²) in [6, 6.07) is 8.43. The van der Waals surface area contributed by atoms with E-state index in [0.717, 1.165) is 11.0 Å². The van der Waals surface area contributed by atoms with E-state index in [4.69, 9.17) is 9.68 Å². The maximum absolute atomic E-state index is 14.0. The number of hydrogen-bond donors (Lipinski definition) is 1. The minimum Gasteiger partial charge on any atom is -0.463 e. The van der Waals surface area contributed by atoms with Crippen molar-refractivity contribution in [2.75, 3.05) is 0 Å². The van der Waals surface area contributed by atoms with Gasteiger partial charge in [-0.1, -0.05) is 6.07 Å². The molecule has 24 heavy (non-hydrogen) atoms. The molecule has 2 aromatic rings. The summed E-state index contributed by atoms with van der Waals surface area (Å²) in [5.41, 5.74) is -1.00. The Balaban J connectivity index is 1.89. The fourth-order valence-corrected chi connectivity index (χ4v) is 2.63. The van der Waals surface area contributed by atoms with Gasteiger partial charge in [0.1, 0.15) is 17.3 Å². The molecule has 122 valence electrons. The quantitative estimate of drug-likeness (QED) is 0.878. The van der Waals surface area contributed by atoms with Crippen LogP contribution in [0.1, 0.15) is 29.6 Å². The molecule has 2 heterocycles. The average Bonchev–Trinajstić information content (AvgIpc) is 3.07. The fourth-order valence-electron chi connectivity index (χ4n) is 2.63. The topological polar surface area (TPSA) is 86.3 Å². The van der Waals surface area contributed by atoms with Crippen LogP contribution in [0, 0.1) is 24.1 Å². The van der Waals surface area contributed by atoms with Crippen molar-refractivity contribution in [1.82, 2.24) is 10.2 Å². The van der Waals surface area contributed by atoms with Crippen molar-refractivity contribution in [3.8, 4) is 6.07 Å². The lowest BCUT2D eigenvalue weighted by molar-refractivity contribution is -0.132. The number of aryl methyl sites for hydroxylation is 1. The van der Waals surface area contributed by atoms with Crippen molar-refractivity contribution < 1.29 is 18.4 Å². The molecule has 1 aromatic carbocycles. The second-order valence-corrected chi connectivity index (χ2v) is 5.77. The Morgan fingerprint density at radius 1 is 1.33 bits per heavy atom. The first kappa shape index (κ1) is 15.7. The van der Waals surface area contributed by atoms with Crippen molar-refractivity contribution >= 4 is 11.9 Å². The maximum Gasteiger partial charge on any atom is 0.325 e. The lowest BCUT2D eigenvalue weighted by atomic mass is 9.99. The highest BCUT2D eigenvalue weighted by Crippen LogP contribution is 2.31. The van der Waals surface area contributed by atoms with Crippen molar-refractivity contribution in [3.05, 3.63) is 58.8 Å². The number of nitrogens with one attached hydrogen (secondary N) is 1. The summed E-state index contributed by atoms with van der Waals surface area (Å²) in [4.78, 5) is 25.8. The zero-order valence-corrected chi connectivity index (χ0v) is 13.1. The first-order valence-electron chi connectivity index (χ1n) is 7.24. The Bertz CT molecular complexity index is 883. The number of carbonyl (C=O) groups is 2. The van der Waals surface area contributed by atoms with Gasteiger partial charge in [0, 0.05) is 5.56 Å². The molecule has 1 fully saturated rings. The molecule has 1 N–H and O–H groups in total. The third kappa shape index (κ3) is 2.42. The maximum atomic E-state index is 14.0. The Morgan fingerprint density at radius 3 is 2.67 bits per heavy atom. The second-order valence-electron chi connectivity index (χ2n) is 5.77. The van der Waals surface area contributed by atoms with Gasteiger partial charge in [0.2, 0.25) is 0 Å². The van der Waals surface area contributed by atoms with Crippen LogP contribution in [0.5, 0.6) is 0 Å². The van der Waals surface area contributed by atoms with Crippen molar-refractivity contribution in [2.45, 2.75) is 25.9 Å². The molecule has 3 rings (SSSR count). The van der Waals surface area contributed by atoms with E-state index in [9.17, 15) is 14.0 Å². The Morgan fingerprint density at radius 2 is 2.08 bits per heavy atom. The molecule has 1 aliphatic heterocycles. The number of rotatable bonds is 3. The standard InChI is InChI=1S/C17H14FN3O3/c1-10-3-6-14(24-10)17(2)15(22)21(16(23)20-17)9-12-5-4-11(8-19)7-13(12)18/h3-7H,9H2,1-2H3,(H,20,23)/t17-/m0/s1. The molecule has 7 heteroatoms. The molecule has 1 atom stereocenters. The normalized spacial score (nSPS) is 20.2. The van der Waals surface area contributed by atoms with E-state index >= 15 is 0 Å². The van der Waals surface area contributed by atoms with Crippen LogP contribution in [0.15, 0.2) is 34.7 Å². The van der Waals surface area contributed by atoms with Gasteiger partial charge in [-0.25, -0.2) is 9.18 Å². The highest BCUT2D eigenvalue weighted by Gasteiger charge is 2.51. The molecular weight excluding hydrogens is 313 g/mol. The van der Waals surface area contributed by atoms with Crippen LogP contribution in [0.4, 0.5) is 9.18 Å². The molecule has 1 saturated heterocycles. The smallest absolute Gasteiger partial charge is 0.325 e. The van der Waals surface area contributed by atoms with Gasteiger partial charge in [-0.05, 0) is 38.1 Å². The fraction of sp³-hybridized carbons (Fsp3) is 0.235. The first-order valence-corrected chi connectivity index (χ1v) is 7.24. The van der Waals surface area contributed by atoms with Crippen molar-refractivity contribution in [2.24, 2.45) is 0 Å². The molecule has 0 unspecified atom stereocenters. The number of halogens is 1. The Labute approximate surface area is 137 Å². The van der Waals surface area contributed by atoms with Crippen LogP contribution < -0.4 is 5.32 Å². The largest absolute Gasteiger partial charge is 0.463 e. The molecular formula is C17H14FN3O3. The minimum absolute atomic E-state index is 0.150. The summed E-state index contributed by atoms with van der Waals surface area (Å²) in [6.07, 6.45) is 0. The Kier molecular flexibility index (Phi) is 3.60. The summed E-state index contributed by atoms with van der Waals surface area (Å²) >= 11 is 0. The van der Waals surface area contributed by atoms with Gasteiger partial charge in [-0.2, -0.15) is 5.26 Å². The SMILES string of the molecule is Cc1ccc([C@]2(C)NC(=O)N(Cc3ccc(C#N)cc3F)C2=O)o1. The highest BCUT2D eigenvalue weighted by atomic mass is 19.1. The summed E-state index contributed by atoms with van der Waals surface area (Å²) < 4.78 is 19.5. The van der Waals surface area contributed by atoms with Crippen LogP contribution in [0.25, 0.3) is 0 Å². The van der Waals surface area contributed by atoms with Gasteiger partial charge < -0.3 is 9.73 Å². The van der Waals surface area contributed by atoms with E-state index in [0.29, 0.717) is 11.5 Å². The van der Waals surface area contributed by atoms with Gasteiger partial charge >= 0.3 is 6.03 Å². The van der Waals surface area contributed by atoms with Crippen molar-refractivity contribution in [1.29, 1.82) is 5.26 Å². The van der Waals surface area contributed by atoms with Gasteiger partial charge in [-0.15, -0.1) is 0 Å².